The zero-order valence-electron chi connectivity index (χ0n) is 12.4. The Labute approximate surface area is 118 Å². The highest BCUT2D eigenvalue weighted by Crippen LogP contribution is 2.55. The molecule has 0 amide bonds. The molecule has 4 aliphatic carbocycles. The van der Waals surface area contributed by atoms with E-state index in [0.717, 1.165) is 17.8 Å². The van der Waals surface area contributed by atoms with E-state index in [1.165, 1.54) is 64.7 Å². The minimum absolute atomic E-state index is 0.583. The molecule has 19 heavy (non-hydrogen) atoms. The molecule has 1 saturated heterocycles. The average Bonchev–Trinajstić information content (AvgIpc) is 2.86. The van der Waals surface area contributed by atoms with Crippen LogP contribution in [0.3, 0.4) is 0 Å². The minimum atomic E-state index is 0.583. The van der Waals surface area contributed by atoms with Crippen LogP contribution in [0.15, 0.2) is 0 Å². The van der Waals surface area contributed by atoms with Crippen LogP contribution in [-0.2, 0) is 0 Å². The Bertz CT molecular complexity index is 284. The first kappa shape index (κ1) is 12.6. The van der Waals surface area contributed by atoms with E-state index in [2.05, 4.69) is 10.2 Å². The summed E-state index contributed by atoms with van der Waals surface area (Å²) in [4.78, 5) is 2.65. The van der Waals surface area contributed by atoms with E-state index < -0.39 is 0 Å². The Balaban J connectivity index is 1.26. The maximum atomic E-state index is 4.02. The summed E-state index contributed by atoms with van der Waals surface area (Å²) in [6.45, 7) is 5.32. The lowest BCUT2D eigenvalue weighted by atomic mass is 9.53. The van der Waals surface area contributed by atoms with Gasteiger partial charge in [0.1, 0.15) is 0 Å². The van der Waals surface area contributed by atoms with Gasteiger partial charge in [-0.1, -0.05) is 0 Å². The lowest BCUT2D eigenvalue weighted by Gasteiger charge is -2.57. The third-order valence-electron chi connectivity index (χ3n) is 6.39. The first-order valence-electron chi connectivity index (χ1n) is 8.79. The second-order valence-corrected chi connectivity index (χ2v) is 8.03. The minimum Gasteiger partial charge on any atom is -0.311 e. The van der Waals surface area contributed by atoms with Gasteiger partial charge in [-0.25, -0.2) is 0 Å². The molecule has 0 atom stereocenters. The summed E-state index contributed by atoms with van der Waals surface area (Å²) in [6.07, 6.45) is 13.4. The Morgan fingerprint density at radius 1 is 0.895 bits per heavy atom. The quantitative estimate of drug-likeness (QED) is 0.766. The van der Waals surface area contributed by atoms with E-state index in [1.807, 2.05) is 0 Å². The fourth-order valence-electron chi connectivity index (χ4n) is 5.99. The van der Waals surface area contributed by atoms with Gasteiger partial charge in [0.05, 0.1) is 0 Å². The van der Waals surface area contributed by atoms with Gasteiger partial charge in [0, 0.05) is 5.54 Å². The Hall–Kier alpha value is -0.0800. The van der Waals surface area contributed by atoms with Crippen molar-refractivity contribution >= 4 is 0 Å². The van der Waals surface area contributed by atoms with Crippen molar-refractivity contribution in [1.29, 1.82) is 0 Å². The third-order valence-corrected chi connectivity index (χ3v) is 6.39. The van der Waals surface area contributed by atoms with Crippen molar-refractivity contribution in [2.24, 2.45) is 17.8 Å². The first-order chi connectivity index (χ1) is 9.31. The van der Waals surface area contributed by atoms with Gasteiger partial charge >= 0.3 is 0 Å². The Morgan fingerprint density at radius 3 is 2.05 bits per heavy atom. The van der Waals surface area contributed by atoms with Crippen LogP contribution >= 0.6 is 0 Å². The van der Waals surface area contributed by atoms with Gasteiger partial charge in [-0.05, 0) is 102 Å². The molecule has 5 rings (SSSR count). The molecule has 0 spiro atoms. The van der Waals surface area contributed by atoms with E-state index >= 15 is 0 Å². The molecule has 4 saturated carbocycles. The maximum absolute atomic E-state index is 4.02. The fourth-order valence-corrected chi connectivity index (χ4v) is 5.99. The standard InChI is InChI=1S/C17H30N2/c1-2-6-19(5-1)7-3-4-18-17-11-14-8-15(12-17)10-16(9-14)13-17/h14-16,18H,1-13H2. The summed E-state index contributed by atoms with van der Waals surface area (Å²) >= 11 is 0. The molecular weight excluding hydrogens is 232 g/mol. The van der Waals surface area contributed by atoms with Crippen LogP contribution in [0.5, 0.6) is 0 Å². The summed E-state index contributed by atoms with van der Waals surface area (Å²) in [7, 11) is 0. The van der Waals surface area contributed by atoms with Crippen LogP contribution in [0.2, 0.25) is 0 Å². The molecule has 0 aromatic heterocycles. The molecule has 0 aromatic carbocycles. The number of hydrogen-bond donors (Lipinski definition) is 1. The molecule has 5 fully saturated rings. The molecule has 1 heterocycles. The number of nitrogens with zero attached hydrogens (tertiary/aromatic N) is 1. The Morgan fingerprint density at radius 2 is 1.47 bits per heavy atom. The highest BCUT2D eigenvalue weighted by molar-refractivity contribution is 5.06. The first-order valence-corrected chi connectivity index (χ1v) is 8.79. The van der Waals surface area contributed by atoms with Crippen LogP contribution in [0.4, 0.5) is 0 Å². The molecule has 0 radical (unpaired) electrons. The van der Waals surface area contributed by atoms with Crippen LogP contribution < -0.4 is 5.32 Å². The molecule has 1 N–H and O–H groups in total. The molecular formula is C17H30N2. The van der Waals surface area contributed by atoms with Gasteiger partial charge in [-0.2, -0.15) is 0 Å². The smallest absolute Gasteiger partial charge is 0.0189 e. The number of rotatable bonds is 5. The second-order valence-electron chi connectivity index (χ2n) is 8.03. The van der Waals surface area contributed by atoms with E-state index in [0.29, 0.717) is 5.54 Å². The van der Waals surface area contributed by atoms with Crippen molar-refractivity contribution in [3.05, 3.63) is 0 Å². The molecule has 0 unspecified atom stereocenters. The molecule has 0 aromatic rings. The Kier molecular flexibility index (Phi) is 3.35. The third kappa shape index (κ3) is 2.58. The summed E-state index contributed by atoms with van der Waals surface area (Å²) < 4.78 is 0. The van der Waals surface area contributed by atoms with Crippen LogP contribution in [0.25, 0.3) is 0 Å². The van der Waals surface area contributed by atoms with Gasteiger partial charge in [-0.15, -0.1) is 0 Å². The molecule has 4 bridgehead atoms. The average molecular weight is 262 g/mol. The van der Waals surface area contributed by atoms with E-state index in [1.54, 1.807) is 19.3 Å². The number of nitrogens with one attached hydrogen (secondary N) is 1. The summed E-state index contributed by atoms with van der Waals surface area (Å²) in [5.74, 6) is 3.24. The van der Waals surface area contributed by atoms with Crippen molar-refractivity contribution < 1.29 is 0 Å². The fraction of sp³-hybridized carbons (Fsp3) is 1.00. The normalized spacial score (nSPS) is 45.2. The summed E-state index contributed by atoms with van der Waals surface area (Å²) in [5, 5.41) is 4.02. The van der Waals surface area contributed by atoms with Crippen molar-refractivity contribution in [2.45, 2.75) is 63.3 Å². The highest BCUT2D eigenvalue weighted by atomic mass is 15.1. The molecule has 2 heteroatoms. The van der Waals surface area contributed by atoms with Crippen molar-refractivity contribution in [1.82, 2.24) is 10.2 Å². The monoisotopic (exact) mass is 262 g/mol. The van der Waals surface area contributed by atoms with Crippen LogP contribution in [0.1, 0.15) is 57.8 Å². The maximum Gasteiger partial charge on any atom is 0.0189 e. The van der Waals surface area contributed by atoms with E-state index in [-0.39, 0.29) is 0 Å². The van der Waals surface area contributed by atoms with Gasteiger partial charge in [0.2, 0.25) is 0 Å². The number of likely N-dealkylation sites (tertiary alicyclic amines) is 1. The molecule has 5 aliphatic rings. The molecule has 108 valence electrons. The lowest BCUT2D eigenvalue weighted by molar-refractivity contribution is -0.0197. The zero-order chi connectivity index (χ0) is 12.7. The predicted octanol–water partition coefficient (Wildman–Crippen LogP) is 3.03. The van der Waals surface area contributed by atoms with Gasteiger partial charge in [0.25, 0.3) is 0 Å². The van der Waals surface area contributed by atoms with Gasteiger partial charge in [-0.3, -0.25) is 0 Å². The largest absolute Gasteiger partial charge is 0.311 e. The number of hydrogen-bond acceptors (Lipinski definition) is 2. The summed E-state index contributed by atoms with van der Waals surface area (Å²) in [6, 6.07) is 0. The SMILES string of the molecule is C1CCN(CCCNC23CC4CC(CC(C4)C2)C3)C1. The topological polar surface area (TPSA) is 15.3 Å². The lowest BCUT2D eigenvalue weighted by Crippen LogP contribution is -2.58. The van der Waals surface area contributed by atoms with Gasteiger partial charge in [0.15, 0.2) is 0 Å². The van der Waals surface area contributed by atoms with Crippen molar-refractivity contribution in [3.8, 4) is 0 Å². The second kappa shape index (κ2) is 5.04. The van der Waals surface area contributed by atoms with Gasteiger partial charge < -0.3 is 10.2 Å². The highest BCUT2D eigenvalue weighted by Gasteiger charge is 2.50. The van der Waals surface area contributed by atoms with E-state index in [4.69, 9.17) is 0 Å². The summed E-state index contributed by atoms with van der Waals surface area (Å²) in [5.41, 5.74) is 0.583. The predicted molar refractivity (Wildman–Crippen MR) is 79.2 cm³/mol. The van der Waals surface area contributed by atoms with Crippen LogP contribution in [-0.4, -0.2) is 36.6 Å². The van der Waals surface area contributed by atoms with Crippen LogP contribution in [0, 0.1) is 17.8 Å². The zero-order valence-corrected chi connectivity index (χ0v) is 12.4. The van der Waals surface area contributed by atoms with E-state index in [9.17, 15) is 0 Å². The molecule has 1 aliphatic heterocycles. The van der Waals surface area contributed by atoms with Crippen molar-refractivity contribution in [2.75, 3.05) is 26.2 Å². The van der Waals surface area contributed by atoms with Crippen molar-refractivity contribution in [3.63, 3.8) is 0 Å². The molecule has 2 nitrogen and oxygen atoms in total.